The lowest BCUT2D eigenvalue weighted by Crippen LogP contribution is -2.32. The minimum absolute atomic E-state index is 0.154. The van der Waals surface area contributed by atoms with Crippen molar-refractivity contribution >= 4 is 39.6 Å². The van der Waals surface area contributed by atoms with E-state index in [0.29, 0.717) is 33.0 Å². The Morgan fingerprint density at radius 2 is 1.93 bits per heavy atom. The number of nitrogens with zero attached hydrogens (tertiary/aromatic N) is 1. The summed E-state index contributed by atoms with van der Waals surface area (Å²) in [7, 11) is 1.48. The normalized spacial score (nSPS) is 12.1. The van der Waals surface area contributed by atoms with Crippen molar-refractivity contribution in [3.8, 4) is 17.2 Å². The average Bonchev–Trinajstić information content (AvgIpc) is 3.09. The number of carbonyl (C=O) groups excluding carboxylic acids is 2. The molecule has 0 radical (unpaired) electrons. The van der Waals surface area contributed by atoms with Crippen molar-refractivity contribution in [2.45, 2.75) is 6.92 Å². The second kappa shape index (κ2) is 8.09. The zero-order valence-electron chi connectivity index (χ0n) is 14.5. The number of hydrogen-bond donors (Lipinski definition) is 2. The fourth-order valence-corrected chi connectivity index (χ4v) is 2.77. The van der Waals surface area contributed by atoms with Crippen molar-refractivity contribution < 1.29 is 23.8 Å². The number of rotatable bonds is 4. The zero-order chi connectivity index (χ0) is 19.4. The molecule has 0 saturated heterocycles. The highest BCUT2D eigenvalue weighted by molar-refractivity contribution is 9.10. The van der Waals surface area contributed by atoms with E-state index in [1.807, 2.05) is 13.0 Å². The third-order valence-electron chi connectivity index (χ3n) is 3.67. The highest BCUT2D eigenvalue weighted by Gasteiger charge is 2.17. The largest absolute Gasteiger partial charge is 0.495 e. The van der Waals surface area contributed by atoms with Gasteiger partial charge in [0.05, 0.1) is 19.0 Å². The van der Waals surface area contributed by atoms with E-state index in [4.69, 9.17) is 14.2 Å². The summed E-state index contributed by atoms with van der Waals surface area (Å²) in [6.45, 7) is 2.02. The predicted octanol–water partition coefficient (Wildman–Crippen LogP) is 2.58. The molecule has 0 saturated carbocycles. The Hall–Kier alpha value is -3.07. The molecule has 1 aliphatic heterocycles. The van der Waals surface area contributed by atoms with Crippen molar-refractivity contribution in [2.24, 2.45) is 5.10 Å². The third kappa shape index (κ3) is 4.37. The van der Waals surface area contributed by atoms with Gasteiger partial charge in [-0.2, -0.15) is 5.10 Å². The molecule has 0 spiro atoms. The first-order chi connectivity index (χ1) is 13.0. The van der Waals surface area contributed by atoms with Crippen LogP contribution in [-0.4, -0.2) is 31.9 Å². The predicted molar refractivity (Wildman–Crippen MR) is 102 cm³/mol. The highest BCUT2D eigenvalue weighted by Crippen LogP contribution is 2.36. The molecule has 1 aliphatic rings. The van der Waals surface area contributed by atoms with Gasteiger partial charge in [0.2, 0.25) is 6.79 Å². The first-order valence-electron chi connectivity index (χ1n) is 7.86. The summed E-state index contributed by atoms with van der Waals surface area (Å²) in [5, 5.41) is 6.31. The minimum Gasteiger partial charge on any atom is -0.495 e. The van der Waals surface area contributed by atoms with Crippen LogP contribution in [0.5, 0.6) is 17.2 Å². The van der Waals surface area contributed by atoms with Crippen LogP contribution in [0.25, 0.3) is 0 Å². The monoisotopic (exact) mass is 433 g/mol. The van der Waals surface area contributed by atoms with Gasteiger partial charge in [-0.25, -0.2) is 5.43 Å². The van der Waals surface area contributed by atoms with E-state index < -0.39 is 11.8 Å². The number of amides is 2. The fourth-order valence-electron chi connectivity index (χ4n) is 2.34. The Bertz CT molecular complexity index is 929. The van der Waals surface area contributed by atoms with Crippen molar-refractivity contribution in [3.63, 3.8) is 0 Å². The topological polar surface area (TPSA) is 98.2 Å². The summed E-state index contributed by atoms with van der Waals surface area (Å²) in [5.41, 5.74) is 4.15. The van der Waals surface area contributed by atoms with Crippen LogP contribution in [0.15, 0.2) is 39.9 Å². The van der Waals surface area contributed by atoms with Gasteiger partial charge in [-0.05, 0) is 52.7 Å². The van der Waals surface area contributed by atoms with Crippen LogP contribution in [-0.2, 0) is 9.59 Å². The van der Waals surface area contributed by atoms with E-state index in [9.17, 15) is 9.59 Å². The summed E-state index contributed by atoms with van der Waals surface area (Å²) < 4.78 is 16.4. The number of halogens is 1. The maximum Gasteiger partial charge on any atom is 0.329 e. The van der Waals surface area contributed by atoms with Crippen molar-refractivity contribution in [1.82, 2.24) is 5.43 Å². The van der Waals surface area contributed by atoms with Gasteiger partial charge >= 0.3 is 11.8 Å². The molecule has 140 valence electrons. The number of hydrogen-bond acceptors (Lipinski definition) is 6. The summed E-state index contributed by atoms with van der Waals surface area (Å²) in [4.78, 5) is 24.0. The van der Waals surface area contributed by atoms with E-state index in [1.54, 1.807) is 24.3 Å². The van der Waals surface area contributed by atoms with Crippen LogP contribution in [0.2, 0.25) is 0 Å². The number of benzene rings is 2. The summed E-state index contributed by atoms with van der Waals surface area (Å²) in [6, 6.07) is 8.69. The quantitative estimate of drug-likeness (QED) is 0.438. The molecule has 27 heavy (non-hydrogen) atoms. The first-order valence-corrected chi connectivity index (χ1v) is 8.65. The van der Waals surface area contributed by atoms with Crippen molar-refractivity contribution in [1.29, 1.82) is 0 Å². The highest BCUT2D eigenvalue weighted by atomic mass is 79.9. The fraction of sp³-hybridized carbons (Fsp3) is 0.167. The lowest BCUT2D eigenvalue weighted by Gasteiger charge is -2.10. The van der Waals surface area contributed by atoms with Crippen LogP contribution in [0.1, 0.15) is 11.1 Å². The molecule has 0 aliphatic carbocycles. The standard InChI is InChI=1S/C18H16BrN3O5/c1-10-3-4-14(25-2)13(5-10)21-17(23)18(24)22-20-8-11-6-15-16(7-12(11)19)27-9-26-15/h3-8H,9H2,1-2H3,(H,21,23)(H,22,24). The average molecular weight is 434 g/mol. The molecular formula is C18H16BrN3O5. The second-order valence-electron chi connectivity index (χ2n) is 5.58. The maximum atomic E-state index is 12.1. The molecule has 0 bridgehead atoms. The summed E-state index contributed by atoms with van der Waals surface area (Å²) >= 11 is 3.38. The van der Waals surface area contributed by atoms with E-state index in [1.165, 1.54) is 13.3 Å². The summed E-state index contributed by atoms with van der Waals surface area (Å²) in [5.74, 6) is -0.119. The molecule has 0 fully saturated rings. The Kier molecular flexibility index (Phi) is 5.60. The van der Waals surface area contributed by atoms with Gasteiger partial charge in [-0.3, -0.25) is 9.59 Å². The van der Waals surface area contributed by atoms with Crippen LogP contribution >= 0.6 is 15.9 Å². The van der Waals surface area contributed by atoms with E-state index >= 15 is 0 Å². The van der Waals surface area contributed by atoms with E-state index in [-0.39, 0.29) is 6.79 Å². The Balaban J connectivity index is 1.63. The number of ether oxygens (including phenoxy) is 3. The Morgan fingerprint density at radius 1 is 1.19 bits per heavy atom. The number of anilines is 1. The molecule has 0 aromatic heterocycles. The number of hydrazone groups is 1. The van der Waals surface area contributed by atoms with Crippen LogP contribution in [0.3, 0.4) is 0 Å². The van der Waals surface area contributed by atoms with Crippen molar-refractivity contribution in [2.75, 3.05) is 19.2 Å². The van der Waals surface area contributed by atoms with Gasteiger partial charge in [0.15, 0.2) is 11.5 Å². The first kappa shape index (κ1) is 18.7. The molecule has 2 aromatic rings. The smallest absolute Gasteiger partial charge is 0.329 e. The molecule has 8 nitrogen and oxygen atoms in total. The third-order valence-corrected chi connectivity index (χ3v) is 4.36. The van der Waals surface area contributed by atoms with Crippen molar-refractivity contribution in [3.05, 3.63) is 45.9 Å². The molecule has 3 rings (SSSR count). The number of aryl methyl sites for hydroxylation is 1. The number of nitrogens with one attached hydrogen (secondary N) is 2. The Labute approximate surface area is 163 Å². The number of fused-ring (bicyclic) bond motifs is 1. The molecule has 1 heterocycles. The lowest BCUT2D eigenvalue weighted by molar-refractivity contribution is -0.136. The van der Waals surface area contributed by atoms with E-state index in [2.05, 4.69) is 31.8 Å². The van der Waals surface area contributed by atoms with Crippen LogP contribution < -0.4 is 25.0 Å². The second-order valence-corrected chi connectivity index (χ2v) is 6.44. The molecular weight excluding hydrogens is 418 g/mol. The number of methoxy groups -OCH3 is 1. The zero-order valence-corrected chi connectivity index (χ0v) is 16.1. The van der Waals surface area contributed by atoms with Gasteiger partial charge in [0, 0.05) is 10.0 Å². The number of carbonyl (C=O) groups is 2. The summed E-state index contributed by atoms with van der Waals surface area (Å²) in [6.07, 6.45) is 1.39. The SMILES string of the molecule is COc1ccc(C)cc1NC(=O)C(=O)NN=Cc1cc2c(cc1Br)OCO2. The minimum atomic E-state index is -0.910. The van der Waals surface area contributed by atoms with Gasteiger partial charge < -0.3 is 19.5 Å². The molecule has 2 aromatic carbocycles. The van der Waals surface area contributed by atoms with Gasteiger partial charge in [0.1, 0.15) is 5.75 Å². The van der Waals surface area contributed by atoms with Gasteiger partial charge in [0.25, 0.3) is 0 Å². The van der Waals surface area contributed by atoms with Crippen LogP contribution in [0.4, 0.5) is 5.69 Å². The van der Waals surface area contributed by atoms with E-state index in [0.717, 1.165) is 5.56 Å². The van der Waals surface area contributed by atoms with Gasteiger partial charge in [-0.1, -0.05) is 6.07 Å². The molecule has 2 N–H and O–H groups in total. The molecule has 2 amide bonds. The molecule has 0 unspecified atom stereocenters. The van der Waals surface area contributed by atoms with Gasteiger partial charge in [-0.15, -0.1) is 0 Å². The van der Waals surface area contributed by atoms with Crippen LogP contribution in [0, 0.1) is 6.92 Å². The maximum absolute atomic E-state index is 12.1. The lowest BCUT2D eigenvalue weighted by atomic mass is 10.2. The molecule has 0 atom stereocenters. The Morgan fingerprint density at radius 3 is 2.67 bits per heavy atom. The molecule has 9 heteroatoms.